The Morgan fingerprint density at radius 3 is 2.28 bits per heavy atom. The maximum absolute atomic E-state index is 14.1. The summed E-state index contributed by atoms with van der Waals surface area (Å²) in [7, 11) is 9.34. The monoisotopic (exact) mass is 656 g/mol. The first-order chi connectivity index (χ1) is 21.4. The summed E-state index contributed by atoms with van der Waals surface area (Å²) in [5.74, 6) is -3.05. The van der Waals surface area contributed by atoms with Crippen LogP contribution in [-0.2, 0) is 33.3 Å². The number of carbonyl (C=O) groups is 3. The van der Waals surface area contributed by atoms with Crippen molar-refractivity contribution in [3.8, 4) is 0 Å². The number of esters is 1. The molecular weight excluding hydrogens is 596 g/mol. The van der Waals surface area contributed by atoms with Gasteiger partial charge >= 0.3 is 12.1 Å². The van der Waals surface area contributed by atoms with E-state index < -0.39 is 65.7 Å². The molecule has 0 saturated carbocycles. The minimum absolute atomic E-state index is 0.0284. The Morgan fingerprint density at radius 2 is 1.72 bits per heavy atom. The van der Waals surface area contributed by atoms with Crippen molar-refractivity contribution in [1.82, 2.24) is 20.4 Å². The van der Waals surface area contributed by atoms with Gasteiger partial charge in [0.05, 0.1) is 23.9 Å². The minimum Gasteiger partial charge on any atom is -0.458 e. The molecule has 3 unspecified atom stereocenters. The predicted octanol–water partition coefficient (Wildman–Crippen LogP) is 1.79. The topological polar surface area (TPSA) is 148 Å². The van der Waals surface area contributed by atoms with Crippen molar-refractivity contribution in [3.05, 3.63) is 0 Å². The van der Waals surface area contributed by atoms with Gasteiger partial charge in [-0.25, -0.2) is 4.79 Å². The van der Waals surface area contributed by atoms with Crippen molar-refractivity contribution in [1.29, 1.82) is 0 Å². The molecule has 3 heterocycles. The molecule has 1 amide bonds. The quantitative estimate of drug-likeness (QED) is 0.271. The number of ketones is 1. The molecule has 0 aromatic heterocycles. The van der Waals surface area contributed by atoms with Crippen molar-refractivity contribution in [2.75, 3.05) is 48.4 Å². The summed E-state index contributed by atoms with van der Waals surface area (Å²) in [4.78, 5) is 44.2. The Morgan fingerprint density at radius 1 is 1.07 bits per heavy atom. The number of nitrogens with zero attached hydrogens (tertiary/aromatic N) is 2. The number of alkyl carbamates (subject to hydrolysis) is 1. The van der Waals surface area contributed by atoms with Gasteiger partial charge in [0.25, 0.3) is 0 Å². The van der Waals surface area contributed by atoms with Crippen LogP contribution in [0.25, 0.3) is 0 Å². The normalized spacial score (nSPS) is 43.4. The zero-order valence-corrected chi connectivity index (χ0v) is 30.0. The van der Waals surface area contributed by atoms with Gasteiger partial charge in [-0.1, -0.05) is 20.8 Å². The number of fused-ring (bicyclic) bond motifs is 1. The molecule has 3 aliphatic heterocycles. The number of cyclic esters (lactones) is 1. The van der Waals surface area contributed by atoms with Crippen LogP contribution in [0.1, 0.15) is 67.7 Å². The number of nitrogens with one attached hydrogen (secondary N) is 2. The first kappa shape index (κ1) is 38.6. The van der Waals surface area contributed by atoms with E-state index in [1.807, 2.05) is 58.8 Å². The molecule has 0 radical (unpaired) electrons. The number of hydrogen-bond acceptors (Lipinski definition) is 12. The highest BCUT2D eigenvalue weighted by Crippen LogP contribution is 2.37. The lowest BCUT2D eigenvalue weighted by molar-refractivity contribution is -0.298. The standard InChI is InChI=1S/C33H60N4O9/c1-13-24-33(7)27(35-31(41)46-33)21(5)34-16-18(2)15-32(6,42-12)28(19(3)25(38)20(4)29(40)44-24)45-30-26(39)23(37(10)11)14-22(43-30)17-36(8)9/h18-24,26-28,30,34,39H,13-17H2,1-12H3,(H,35,41)/t18-,19+,20-,21-,22?,23?,24-,26?,27-,28-,30+,32-,33-/m1/s1. The SMILES string of the molecule is CC[C@H]1OC(=O)[C@H](C)C(=O)[C@H](C)[C@@H](O[C@@H]2OC(CN(C)C)CC(N(C)C)C2O)[C@](C)(OC)C[C@@H](C)CN[C@H](C)[C@H]2NC(=O)O[C@@]21C. The Balaban J connectivity index is 2.03. The fraction of sp³-hybridized carbons (Fsp3) is 0.909. The Bertz CT molecular complexity index is 1060. The molecule has 0 aromatic carbocycles. The number of aliphatic hydroxyl groups excluding tert-OH is 1. The molecule has 3 fully saturated rings. The smallest absolute Gasteiger partial charge is 0.408 e. The van der Waals surface area contributed by atoms with Gasteiger partial charge < -0.3 is 49.2 Å². The number of amides is 1. The van der Waals surface area contributed by atoms with Gasteiger partial charge in [0.2, 0.25) is 0 Å². The Labute approximate surface area is 275 Å². The summed E-state index contributed by atoms with van der Waals surface area (Å²) in [5, 5.41) is 17.9. The third-order valence-electron chi connectivity index (χ3n) is 10.3. The van der Waals surface area contributed by atoms with Crippen LogP contribution in [0, 0.1) is 17.8 Å². The molecule has 3 N–H and O–H groups in total. The number of ether oxygens (including phenoxy) is 5. The average Bonchev–Trinajstić information content (AvgIpc) is 3.30. The number of Topliss-reactive ketones (excluding diaryl/α,β-unsaturated/α-hetero) is 1. The van der Waals surface area contributed by atoms with Crippen LogP contribution in [0.15, 0.2) is 0 Å². The highest BCUT2D eigenvalue weighted by molar-refractivity contribution is 6.00. The third kappa shape index (κ3) is 8.40. The van der Waals surface area contributed by atoms with Crippen LogP contribution in [0.3, 0.4) is 0 Å². The molecule has 3 aliphatic rings. The first-order valence-corrected chi connectivity index (χ1v) is 16.7. The van der Waals surface area contributed by atoms with E-state index in [-0.39, 0.29) is 29.9 Å². The molecule has 46 heavy (non-hydrogen) atoms. The Kier molecular flexibility index (Phi) is 13.1. The van der Waals surface area contributed by atoms with E-state index in [9.17, 15) is 19.5 Å². The number of carbonyl (C=O) groups excluding carboxylic acids is 3. The number of aliphatic hydroxyl groups is 1. The van der Waals surface area contributed by atoms with Crippen molar-refractivity contribution >= 4 is 17.8 Å². The summed E-state index contributed by atoms with van der Waals surface area (Å²) in [6.07, 6.45) is -3.03. The van der Waals surface area contributed by atoms with Gasteiger partial charge in [-0.2, -0.15) is 0 Å². The minimum atomic E-state index is -1.15. The lowest BCUT2D eigenvalue weighted by Gasteiger charge is -2.47. The maximum atomic E-state index is 14.1. The number of likely N-dealkylation sites (N-methyl/N-ethyl adjacent to an activating group) is 2. The van der Waals surface area contributed by atoms with Crippen LogP contribution in [0.2, 0.25) is 0 Å². The second kappa shape index (κ2) is 15.6. The van der Waals surface area contributed by atoms with Gasteiger partial charge in [0.1, 0.15) is 18.1 Å². The first-order valence-electron chi connectivity index (χ1n) is 16.7. The van der Waals surface area contributed by atoms with Crippen LogP contribution in [-0.4, -0.2) is 141 Å². The molecule has 3 rings (SSSR count). The van der Waals surface area contributed by atoms with Gasteiger partial charge in [-0.3, -0.25) is 9.59 Å². The van der Waals surface area contributed by atoms with Crippen LogP contribution in [0.5, 0.6) is 0 Å². The molecule has 266 valence electrons. The second-order valence-corrected chi connectivity index (χ2v) is 14.7. The predicted molar refractivity (Wildman–Crippen MR) is 172 cm³/mol. The largest absolute Gasteiger partial charge is 0.458 e. The lowest BCUT2D eigenvalue weighted by atomic mass is 9.78. The molecule has 13 heteroatoms. The fourth-order valence-corrected chi connectivity index (χ4v) is 7.55. The van der Waals surface area contributed by atoms with Gasteiger partial charge in [0.15, 0.2) is 17.7 Å². The van der Waals surface area contributed by atoms with E-state index in [1.165, 1.54) is 6.92 Å². The van der Waals surface area contributed by atoms with E-state index in [0.29, 0.717) is 32.4 Å². The summed E-state index contributed by atoms with van der Waals surface area (Å²) >= 11 is 0. The molecule has 0 spiro atoms. The summed E-state index contributed by atoms with van der Waals surface area (Å²) in [6.45, 7) is 14.0. The van der Waals surface area contributed by atoms with Gasteiger partial charge in [-0.05, 0) is 87.6 Å². The van der Waals surface area contributed by atoms with Crippen LogP contribution < -0.4 is 10.6 Å². The van der Waals surface area contributed by atoms with Crippen molar-refractivity contribution in [2.45, 2.75) is 128 Å². The molecule has 13 atom stereocenters. The van der Waals surface area contributed by atoms with E-state index >= 15 is 0 Å². The number of hydrogen-bond donors (Lipinski definition) is 3. The molecule has 0 aliphatic carbocycles. The zero-order chi connectivity index (χ0) is 34.7. The van der Waals surface area contributed by atoms with Crippen molar-refractivity contribution in [3.63, 3.8) is 0 Å². The second-order valence-electron chi connectivity index (χ2n) is 14.7. The summed E-state index contributed by atoms with van der Waals surface area (Å²) in [5.41, 5.74) is -2.17. The molecule has 13 nitrogen and oxygen atoms in total. The number of rotatable bonds is 7. The fourth-order valence-electron chi connectivity index (χ4n) is 7.55. The van der Waals surface area contributed by atoms with Gasteiger partial charge in [-0.15, -0.1) is 0 Å². The average molecular weight is 657 g/mol. The number of methoxy groups -OCH3 is 1. The molecule has 3 saturated heterocycles. The zero-order valence-electron chi connectivity index (χ0n) is 30.0. The van der Waals surface area contributed by atoms with E-state index in [2.05, 4.69) is 17.6 Å². The summed E-state index contributed by atoms with van der Waals surface area (Å²) < 4.78 is 30.9. The van der Waals surface area contributed by atoms with Crippen molar-refractivity contribution in [2.24, 2.45) is 17.8 Å². The van der Waals surface area contributed by atoms with Crippen molar-refractivity contribution < 1.29 is 43.2 Å². The maximum Gasteiger partial charge on any atom is 0.408 e. The van der Waals surface area contributed by atoms with Crippen LogP contribution >= 0.6 is 0 Å². The Hall–Kier alpha value is -1.87. The van der Waals surface area contributed by atoms with Crippen LogP contribution in [0.4, 0.5) is 4.79 Å². The third-order valence-corrected chi connectivity index (χ3v) is 10.3. The summed E-state index contributed by atoms with van der Waals surface area (Å²) in [6, 6.07) is -0.966. The highest BCUT2D eigenvalue weighted by Gasteiger charge is 2.55. The van der Waals surface area contributed by atoms with E-state index in [4.69, 9.17) is 23.7 Å². The lowest BCUT2D eigenvalue weighted by Crippen LogP contribution is -2.60. The van der Waals surface area contributed by atoms with Gasteiger partial charge in [0, 0.05) is 31.7 Å². The molecular formula is C33H60N4O9. The van der Waals surface area contributed by atoms with E-state index in [1.54, 1.807) is 21.0 Å². The highest BCUT2D eigenvalue weighted by atomic mass is 16.7. The molecule has 0 bridgehead atoms. The molecule has 0 aromatic rings. The van der Waals surface area contributed by atoms with E-state index in [0.717, 1.165) is 0 Å².